The van der Waals surface area contributed by atoms with Gasteiger partial charge in [0, 0.05) is 10.4 Å². The molecule has 128 valence electrons. The molecule has 0 unspecified atom stereocenters. The number of aromatic nitrogens is 1. The lowest BCUT2D eigenvalue weighted by molar-refractivity contribution is -0.118. The zero-order chi connectivity index (χ0) is 17.8. The first-order chi connectivity index (χ1) is 12.0. The number of nitrogens with one attached hydrogen (secondary N) is 1. The highest BCUT2D eigenvalue weighted by Gasteiger charge is 2.13. The van der Waals surface area contributed by atoms with E-state index in [0.717, 1.165) is 16.1 Å². The smallest absolute Gasteiger partial charge is 0.264 e. The van der Waals surface area contributed by atoms with Crippen LogP contribution in [0.5, 0.6) is 5.75 Å². The van der Waals surface area contributed by atoms with Crippen LogP contribution in [0.2, 0.25) is 5.02 Å². The normalized spacial score (nSPS) is 10.5. The number of aryl methyl sites for hydroxylation is 2. The Bertz CT molecular complexity index is 891. The Morgan fingerprint density at radius 2 is 1.88 bits per heavy atom. The summed E-state index contributed by atoms with van der Waals surface area (Å²) in [6.45, 7) is 3.91. The summed E-state index contributed by atoms with van der Waals surface area (Å²) < 4.78 is 5.44. The van der Waals surface area contributed by atoms with Crippen molar-refractivity contribution in [3.8, 4) is 17.0 Å². The zero-order valence-electron chi connectivity index (χ0n) is 13.9. The van der Waals surface area contributed by atoms with Crippen LogP contribution in [-0.4, -0.2) is 17.5 Å². The van der Waals surface area contributed by atoms with E-state index in [-0.39, 0.29) is 12.5 Å². The number of amides is 1. The van der Waals surface area contributed by atoms with Crippen LogP contribution in [0, 0.1) is 13.8 Å². The number of hydrogen-bond donors (Lipinski definition) is 1. The highest BCUT2D eigenvalue weighted by atomic mass is 35.5. The molecule has 0 atom stereocenters. The molecule has 0 aliphatic carbocycles. The number of rotatable bonds is 5. The number of benzene rings is 2. The predicted molar refractivity (Wildman–Crippen MR) is 103 cm³/mol. The third kappa shape index (κ3) is 4.38. The van der Waals surface area contributed by atoms with E-state index in [0.29, 0.717) is 15.9 Å². The molecule has 4 nitrogen and oxygen atoms in total. The topological polar surface area (TPSA) is 51.2 Å². The molecule has 0 bridgehead atoms. The van der Waals surface area contributed by atoms with Gasteiger partial charge in [0.05, 0.1) is 10.7 Å². The SMILES string of the molecule is Cc1ccc(-c2nc(NC(=O)COc3ccccc3Cl)sc2C)cc1. The van der Waals surface area contributed by atoms with Gasteiger partial charge in [-0.2, -0.15) is 0 Å². The van der Waals surface area contributed by atoms with Gasteiger partial charge in [-0.25, -0.2) is 4.98 Å². The van der Waals surface area contributed by atoms with E-state index in [1.54, 1.807) is 24.3 Å². The molecule has 0 aliphatic rings. The fourth-order valence-corrected chi connectivity index (χ4v) is 3.33. The molecular weight excluding hydrogens is 356 g/mol. The maximum atomic E-state index is 12.1. The van der Waals surface area contributed by atoms with Crippen LogP contribution in [-0.2, 0) is 4.79 Å². The third-order valence-electron chi connectivity index (χ3n) is 3.56. The van der Waals surface area contributed by atoms with Crippen molar-refractivity contribution in [1.29, 1.82) is 0 Å². The summed E-state index contributed by atoms with van der Waals surface area (Å²) in [5.74, 6) is 0.208. The van der Waals surface area contributed by atoms with Crippen molar-refractivity contribution in [1.82, 2.24) is 4.98 Å². The van der Waals surface area contributed by atoms with Crippen molar-refractivity contribution in [3.63, 3.8) is 0 Å². The second-order valence-corrected chi connectivity index (χ2v) is 7.17. The van der Waals surface area contributed by atoms with E-state index < -0.39 is 0 Å². The van der Waals surface area contributed by atoms with Gasteiger partial charge in [0.25, 0.3) is 5.91 Å². The summed E-state index contributed by atoms with van der Waals surface area (Å²) in [5, 5.41) is 3.80. The molecule has 0 saturated carbocycles. The van der Waals surface area contributed by atoms with Gasteiger partial charge in [-0.05, 0) is 26.0 Å². The van der Waals surface area contributed by atoms with Crippen LogP contribution in [0.3, 0.4) is 0 Å². The van der Waals surface area contributed by atoms with Crippen molar-refractivity contribution in [2.24, 2.45) is 0 Å². The van der Waals surface area contributed by atoms with Gasteiger partial charge in [0.2, 0.25) is 0 Å². The van der Waals surface area contributed by atoms with E-state index in [1.165, 1.54) is 16.9 Å². The fraction of sp³-hybridized carbons (Fsp3) is 0.158. The van der Waals surface area contributed by atoms with Gasteiger partial charge >= 0.3 is 0 Å². The van der Waals surface area contributed by atoms with E-state index in [9.17, 15) is 4.79 Å². The minimum absolute atomic E-state index is 0.123. The van der Waals surface area contributed by atoms with Crippen molar-refractivity contribution >= 4 is 34.0 Å². The molecule has 2 aromatic carbocycles. The zero-order valence-corrected chi connectivity index (χ0v) is 15.4. The average molecular weight is 373 g/mol. The molecule has 1 amide bonds. The Labute approximate surface area is 155 Å². The number of para-hydroxylation sites is 1. The van der Waals surface area contributed by atoms with Gasteiger partial charge in [0.1, 0.15) is 5.75 Å². The first-order valence-corrected chi connectivity index (χ1v) is 8.94. The van der Waals surface area contributed by atoms with Gasteiger partial charge < -0.3 is 4.74 Å². The molecule has 6 heteroatoms. The fourth-order valence-electron chi connectivity index (χ4n) is 2.29. The molecule has 25 heavy (non-hydrogen) atoms. The summed E-state index contributed by atoms with van der Waals surface area (Å²) in [4.78, 5) is 17.7. The lowest BCUT2D eigenvalue weighted by Crippen LogP contribution is -2.20. The lowest BCUT2D eigenvalue weighted by Gasteiger charge is -2.07. The number of ether oxygens (including phenoxy) is 1. The average Bonchev–Trinajstić information content (AvgIpc) is 2.95. The van der Waals surface area contributed by atoms with Gasteiger partial charge in [-0.3, -0.25) is 10.1 Å². The molecule has 0 spiro atoms. The lowest BCUT2D eigenvalue weighted by atomic mass is 10.1. The van der Waals surface area contributed by atoms with Crippen LogP contribution in [0.25, 0.3) is 11.3 Å². The number of hydrogen-bond acceptors (Lipinski definition) is 4. The number of nitrogens with zero attached hydrogens (tertiary/aromatic N) is 1. The minimum atomic E-state index is -0.274. The van der Waals surface area contributed by atoms with Crippen LogP contribution in [0.15, 0.2) is 48.5 Å². The van der Waals surface area contributed by atoms with E-state index in [1.807, 2.05) is 38.1 Å². The van der Waals surface area contributed by atoms with Crippen molar-refractivity contribution in [3.05, 3.63) is 64.0 Å². The highest BCUT2D eigenvalue weighted by molar-refractivity contribution is 7.16. The Hall–Kier alpha value is -2.37. The van der Waals surface area contributed by atoms with E-state index >= 15 is 0 Å². The van der Waals surface area contributed by atoms with Crippen LogP contribution < -0.4 is 10.1 Å². The second-order valence-electron chi connectivity index (χ2n) is 5.56. The molecule has 3 rings (SSSR count). The van der Waals surface area contributed by atoms with Crippen molar-refractivity contribution in [2.75, 3.05) is 11.9 Å². The quantitative estimate of drug-likeness (QED) is 0.678. The van der Waals surface area contributed by atoms with Gasteiger partial charge in [-0.15, -0.1) is 11.3 Å². The molecule has 1 heterocycles. The molecule has 1 N–H and O–H groups in total. The number of halogens is 1. The molecule has 0 radical (unpaired) electrons. The molecular formula is C19H17ClN2O2S. The first kappa shape index (κ1) is 17.5. The minimum Gasteiger partial charge on any atom is -0.482 e. The summed E-state index contributed by atoms with van der Waals surface area (Å²) >= 11 is 7.45. The summed E-state index contributed by atoms with van der Waals surface area (Å²) in [6, 6.07) is 15.2. The standard InChI is InChI=1S/C19H17ClN2O2S/c1-12-7-9-14(10-8-12)18-13(2)25-19(22-18)21-17(23)11-24-16-6-4-3-5-15(16)20/h3-10H,11H2,1-2H3,(H,21,22,23). The molecule has 0 fully saturated rings. The van der Waals surface area contributed by atoms with E-state index in [4.69, 9.17) is 16.3 Å². The first-order valence-electron chi connectivity index (χ1n) is 7.74. The van der Waals surface area contributed by atoms with Crippen molar-refractivity contribution in [2.45, 2.75) is 13.8 Å². The monoisotopic (exact) mass is 372 g/mol. The number of thiazole rings is 1. The summed E-state index contributed by atoms with van der Waals surface area (Å²) in [6.07, 6.45) is 0. The highest BCUT2D eigenvalue weighted by Crippen LogP contribution is 2.30. The summed E-state index contributed by atoms with van der Waals surface area (Å²) in [5.41, 5.74) is 3.11. The molecule has 1 aromatic heterocycles. The molecule has 0 aliphatic heterocycles. The van der Waals surface area contributed by atoms with Crippen LogP contribution in [0.1, 0.15) is 10.4 Å². The number of carbonyl (C=O) groups is 1. The predicted octanol–water partition coefficient (Wildman–Crippen LogP) is 5.10. The van der Waals surface area contributed by atoms with E-state index in [2.05, 4.69) is 10.3 Å². The second kappa shape index (κ2) is 7.68. The maximum absolute atomic E-state index is 12.1. The van der Waals surface area contributed by atoms with Crippen LogP contribution in [0.4, 0.5) is 5.13 Å². The Balaban J connectivity index is 1.65. The van der Waals surface area contributed by atoms with Gasteiger partial charge in [-0.1, -0.05) is 53.6 Å². The molecule has 0 saturated heterocycles. The summed E-state index contributed by atoms with van der Waals surface area (Å²) in [7, 11) is 0. The number of carbonyl (C=O) groups excluding carboxylic acids is 1. The maximum Gasteiger partial charge on any atom is 0.264 e. The van der Waals surface area contributed by atoms with Gasteiger partial charge in [0.15, 0.2) is 11.7 Å². The largest absolute Gasteiger partial charge is 0.482 e. The third-order valence-corrected chi connectivity index (χ3v) is 4.76. The number of anilines is 1. The Morgan fingerprint density at radius 3 is 2.60 bits per heavy atom. The molecule has 3 aromatic rings. The Kier molecular flexibility index (Phi) is 5.36. The Morgan fingerprint density at radius 1 is 1.16 bits per heavy atom. The van der Waals surface area contributed by atoms with Crippen molar-refractivity contribution < 1.29 is 9.53 Å². The van der Waals surface area contributed by atoms with Crippen LogP contribution >= 0.6 is 22.9 Å².